The van der Waals surface area contributed by atoms with Gasteiger partial charge in [0.05, 0.1) is 18.2 Å². The van der Waals surface area contributed by atoms with Gasteiger partial charge in [-0.25, -0.2) is 4.79 Å². The predicted octanol–water partition coefficient (Wildman–Crippen LogP) is 11.8. The zero-order valence-electron chi connectivity index (χ0n) is 37.5. The summed E-state index contributed by atoms with van der Waals surface area (Å²) in [5.41, 5.74) is 3.37. The molecule has 2 aliphatic carbocycles. The summed E-state index contributed by atoms with van der Waals surface area (Å²) in [7, 11) is 0. The Labute approximate surface area is 367 Å². The molecule has 4 aromatic rings. The second-order valence-electron chi connectivity index (χ2n) is 19.6. The van der Waals surface area contributed by atoms with Gasteiger partial charge in [0.1, 0.15) is 17.9 Å². The van der Waals surface area contributed by atoms with E-state index in [1.807, 2.05) is 13.8 Å². The number of benzene rings is 4. The van der Waals surface area contributed by atoms with Crippen molar-refractivity contribution in [3.63, 3.8) is 0 Å². The van der Waals surface area contributed by atoms with Crippen molar-refractivity contribution in [3.8, 4) is 0 Å². The highest BCUT2D eigenvalue weighted by molar-refractivity contribution is 5.70. The molecule has 7 heteroatoms. The Morgan fingerprint density at radius 2 is 0.967 bits per heavy atom. The van der Waals surface area contributed by atoms with Crippen molar-refractivity contribution in [1.82, 2.24) is 14.7 Å². The van der Waals surface area contributed by atoms with E-state index in [0.717, 1.165) is 38.5 Å². The lowest BCUT2D eigenvalue weighted by Gasteiger charge is -2.46. The van der Waals surface area contributed by atoms with Gasteiger partial charge in [0.25, 0.3) is 0 Å². The molecular formula is C54H73N3O4. The molecule has 61 heavy (non-hydrogen) atoms. The summed E-state index contributed by atoms with van der Waals surface area (Å²) >= 11 is 0. The molecule has 1 aliphatic heterocycles. The number of carbonyl (C=O) groups excluding carboxylic acids is 1. The van der Waals surface area contributed by atoms with E-state index in [1.54, 1.807) is 4.90 Å². The highest BCUT2D eigenvalue weighted by Gasteiger charge is 2.52. The highest BCUT2D eigenvalue weighted by Crippen LogP contribution is 2.39. The van der Waals surface area contributed by atoms with Gasteiger partial charge in [-0.1, -0.05) is 186 Å². The Bertz CT molecular complexity index is 1780. The molecule has 3 aliphatic rings. The molecule has 7 rings (SSSR count). The Kier molecular flexibility index (Phi) is 15.8. The van der Waals surface area contributed by atoms with Gasteiger partial charge in [-0.15, -0.1) is 0 Å². The summed E-state index contributed by atoms with van der Waals surface area (Å²) in [6, 6.07) is 42.3. The van der Waals surface area contributed by atoms with Crippen LogP contribution >= 0.6 is 0 Å². The van der Waals surface area contributed by atoms with E-state index < -0.39 is 29.6 Å². The molecule has 3 fully saturated rings. The maximum atomic E-state index is 15.2. The summed E-state index contributed by atoms with van der Waals surface area (Å²) in [6.45, 7) is 11.1. The first-order chi connectivity index (χ1) is 29.6. The van der Waals surface area contributed by atoms with Crippen LogP contribution < -0.4 is 0 Å². The zero-order chi connectivity index (χ0) is 42.7. The maximum absolute atomic E-state index is 15.2. The van der Waals surface area contributed by atoms with E-state index in [4.69, 9.17) is 9.47 Å². The van der Waals surface area contributed by atoms with Crippen molar-refractivity contribution in [3.05, 3.63) is 144 Å². The minimum absolute atomic E-state index is 0.263. The van der Waals surface area contributed by atoms with Crippen LogP contribution in [0.25, 0.3) is 0 Å². The van der Waals surface area contributed by atoms with Gasteiger partial charge in [0.15, 0.2) is 0 Å². The minimum atomic E-state index is -0.976. The third-order valence-electron chi connectivity index (χ3n) is 13.9. The molecule has 4 atom stereocenters. The summed E-state index contributed by atoms with van der Waals surface area (Å²) in [5.74, 6) is 0.941. The van der Waals surface area contributed by atoms with E-state index in [-0.39, 0.29) is 12.1 Å². The lowest BCUT2D eigenvalue weighted by atomic mass is 9.79. The number of aliphatic hydroxyl groups is 1. The number of nitrogens with zero attached hydrogens (tertiary/aromatic N) is 3. The third kappa shape index (κ3) is 12.3. The van der Waals surface area contributed by atoms with Gasteiger partial charge in [-0.3, -0.25) is 14.7 Å². The van der Waals surface area contributed by atoms with Gasteiger partial charge >= 0.3 is 6.09 Å². The van der Waals surface area contributed by atoms with E-state index in [2.05, 4.69) is 145 Å². The zero-order valence-corrected chi connectivity index (χ0v) is 37.5. The molecule has 1 heterocycles. The van der Waals surface area contributed by atoms with Crippen molar-refractivity contribution in [2.75, 3.05) is 6.61 Å². The van der Waals surface area contributed by atoms with Crippen LogP contribution in [0.5, 0.6) is 0 Å². The molecule has 1 amide bonds. The van der Waals surface area contributed by atoms with Gasteiger partial charge < -0.3 is 14.6 Å². The van der Waals surface area contributed by atoms with Crippen LogP contribution in [-0.4, -0.2) is 68.1 Å². The van der Waals surface area contributed by atoms with Gasteiger partial charge in [-0.05, 0) is 74.6 Å². The molecule has 0 aromatic heterocycles. The highest BCUT2D eigenvalue weighted by atomic mass is 16.6. The van der Waals surface area contributed by atoms with E-state index in [0.29, 0.717) is 44.6 Å². The molecule has 2 saturated carbocycles. The van der Waals surface area contributed by atoms with Crippen LogP contribution in [0.3, 0.4) is 0 Å². The monoisotopic (exact) mass is 828 g/mol. The van der Waals surface area contributed by atoms with E-state index in [1.165, 1.54) is 60.8 Å². The van der Waals surface area contributed by atoms with Gasteiger partial charge in [-0.2, -0.15) is 0 Å². The van der Waals surface area contributed by atoms with Crippen molar-refractivity contribution in [1.29, 1.82) is 0 Å². The van der Waals surface area contributed by atoms with Crippen LogP contribution in [0.4, 0.5) is 4.79 Å². The van der Waals surface area contributed by atoms with Crippen molar-refractivity contribution < 1.29 is 19.4 Å². The van der Waals surface area contributed by atoms with Crippen molar-refractivity contribution >= 4 is 6.09 Å². The van der Waals surface area contributed by atoms with E-state index in [9.17, 15) is 5.11 Å². The Balaban J connectivity index is 1.37. The number of carbonyl (C=O) groups is 1. The summed E-state index contributed by atoms with van der Waals surface area (Å²) in [4.78, 5) is 22.0. The summed E-state index contributed by atoms with van der Waals surface area (Å²) < 4.78 is 13.4. The second kappa shape index (κ2) is 21.4. The number of rotatable bonds is 18. The van der Waals surface area contributed by atoms with Crippen LogP contribution in [0.2, 0.25) is 0 Å². The van der Waals surface area contributed by atoms with Crippen LogP contribution in [0, 0.1) is 11.8 Å². The molecule has 328 valence electrons. The molecule has 0 radical (unpaired) electrons. The molecule has 1 saturated heterocycles. The van der Waals surface area contributed by atoms with Crippen LogP contribution in [0.1, 0.15) is 127 Å². The number of ether oxygens (including phenoxy) is 2. The van der Waals surface area contributed by atoms with Crippen LogP contribution in [0.15, 0.2) is 121 Å². The average Bonchev–Trinajstić information content (AvgIpc) is 3.51. The number of hydrogen-bond donors (Lipinski definition) is 1. The van der Waals surface area contributed by atoms with Crippen LogP contribution in [-0.2, 0) is 35.7 Å². The SMILES string of the molecule is CC1(C)COC(C)(C)N1C(=O)O[C@H]([C@@H](O)[C@H](CC1CCCCC1)N(Cc1ccccc1)Cc1ccccc1)[C@H](CC1CCCCC1)N(Cc1ccccc1)Cc1ccccc1. The number of hydrogen-bond acceptors (Lipinski definition) is 6. The minimum Gasteiger partial charge on any atom is -0.442 e. The molecule has 4 aromatic carbocycles. The largest absolute Gasteiger partial charge is 0.442 e. The Hall–Kier alpha value is -4.01. The maximum Gasteiger partial charge on any atom is 0.413 e. The predicted molar refractivity (Wildman–Crippen MR) is 246 cm³/mol. The topological polar surface area (TPSA) is 65.5 Å². The second-order valence-corrected chi connectivity index (χ2v) is 19.6. The fraction of sp³-hybridized carbons (Fsp3) is 0.537. The number of aliphatic hydroxyl groups excluding tert-OH is 1. The van der Waals surface area contributed by atoms with E-state index >= 15 is 4.79 Å². The normalized spacial score (nSPS) is 20.3. The first-order valence-corrected chi connectivity index (χ1v) is 23.5. The molecule has 1 N–H and O–H groups in total. The summed E-state index contributed by atoms with van der Waals surface area (Å²) in [5, 5.41) is 13.8. The standard InChI is InChI=1S/C54H73N3O4/c1-53(2)41-60-54(3,4)57(53)52(59)61-51(49(36-43-25-13-6-14-26-43)56(39-46-31-19-9-20-32-46)40-47-33-21-10-22-34-47)50(58)48(35-42-23-11-5-12-24-42)55(37-44-27-15-7-16-28-44)38-45-29-17-8-18-30-45/h7-10,15-22,27-34,42-43,48-51,58H,5-6,11-14,23-26,35-41H2,1-4H3/t48-,49-,50-,51-/m0/s1. The lowest BCUT2D eigenvalue weighted by Crippen LogP contribution is -2.60. The Morgan fingerprint density at radius 1 is 0.607 bits per heavy atom. The van der Waals surface area contributed by atoms with Gasteiger partial charge in [0.2, 0.25) is 0 Å². The third-order valence-corrected chi connectivity index (χ3v) is 13.9. The first kappa shape index (κ1) is 45.0. The quantitative estimate of drug-likeness (QED) is 0.108. The fourth-order valence-corrected chi connectivity index (χ4v) is 10.8. The number of amides is 1. The Morgan fingerprint density at radius 3 is 1.33 bits per heavy atom. The van der Waals surface area contributed by atoms with Gasteiger partial charge in [0, 0.05) is 32.2 Å². The smallest absolute Gasteiger partial charge is 0.413 e. The lowest BCUT2D eigenvalue weighted by molar-refractivity contribution is -0.116. The van der Waals surface area contributed by atoms with Crippen molar-refractivity contribution in [2.45, 2.75) is 166 Å². The molecule has 7 nitrogen and oxygen atoms in total. The summed E-state index contributed by atoms with van der Waals surface area (Å²) in [6.07, 6.45) is 11.5. The molecule has 0 bridgehead atoms. The molecule has 0 unspecified atom stereocenters. The molecular weight excluding hydrogens is 755 g/mol. The fourth-order valence-electron chi connectivity index (χ4n) is 10.8. The first-order valence-electron chi connectivity index (χ1n) is 23.5. The average molecular weight is 828 g/mol. The van der Waals surface area contributed by atoms with Crippen molar-refractivity contribution in [2.24, 2.45) is 11.8 Å². The molecule has 0 spiro atoms.